The van der Waals surface area contributed by atoms with Crippen LogP contribution in [0.5, 0.6) is 0 Å². The summed E-state index contributed by atoms with van der Waals surface area (Å²) in [4.78, 5) is 11.7. The third kappa shape index (κ3) is 3.41. The van der Waals surface area contributed by atoms with Crippen molar-refractivity contribution in [3.8, 4) is 0 Å². The average Bonchev–Trinajstić information content (AvgIpc) is 2.58. The molecule has 112 valence electrons. The number of rotatable bonds is 4. The van der Waals surface area contributed by atoms with Crippen LogP contribution in [0.4, 0.5) is 4.79 Å². The van der Waals surface area contributed by atoms with E-state index in [0.29, 0.717) is 24.9 Å². The van der Waals surface area contributed by atoms with Crippen molar-refractivity contribution in [3.63, 3.8) is 0 Å². The van der Waals surface area contributed by atoms with Crippen LogP contribution in [0.1, 0.15) is 48.5 Å². The predicted molar refractivity (Wildman–Crippen MR) is 77.8 cm³/mol. The van der Waals surface area contributed by atoms with Gasteiger partial charge in [-0.25, -0.2) is 4.79 Å². The van der Waals surface area contributed by atoms with Crippen LogP contribution in [0.2, 0.25) is 0 Å². The second-order valence-corrected chi connectivity index (χ2v) is 7.80. The fourth-order valence-corrected chi connectivity index (χ4v) is 3.29. The Morgan fingerprint density at radius 1 is 1.26 bits per heavy atom. The van der Waals surface area contributed by atoms with Crippen molar-refractivity contribution >= 4 is 6.09 Å². The van der Waals surface area contributed by atoms with Crippen molar-refractivity contribution in [2.75, 3.05) is 13.1 Å². The number of nitrogens with two attached hydrogens (primary N) is 1. The van der Waals surface area contributed by atoms with Crippen LogP contribution in [0, 0.1) is 22.7 Å². The van der Waals surface area contributed by atoms with Gasteiger partial charge in [0.1, 0.15) is 5.60 Å². The summed E-state index contributed by atoms with van der Waals surface area (Å²) in [5, 5.41) is 2.85. The molecular formula is C15H30N2O2. The summed E-state index contributed by atoms with van der Waals surface area (Å²) in [5.74, 6) is 0.845. The second kappa shape index (κ2) is 4.97. The molecule has 1 aliphatic rings. The molecule has 19 heavy (non-hydrogen) atoms. The molecule has 1 fully saturated rings. The van der Waals surface area contributed by atoms with Gasteiger partial charge in [-0.05, 0) is 50.0 Å². The second-order valence-electron chi connectivity index (χ2n) is 7.80. The topological polar surface area (TPSA) is 64.3 Å². The molecule has 0 aromatic rings. The molecule has 0 spiro atoms. The Hall–Kier alpha value is -0.770. The van der Waals surface area contributed by atoms with E-state index in [-0.39, 0.29) is 16.9 Å². The Morgan fingerprint density at radius 2 is 1.74 bits per heavy atom. The number of alkyl carbamates (subject to hydrolysis) is 1. The highest BCUT2D eigenvalue weighted by atomic mass is 16.6. The van der Waals surface area contributed by atoms with Crippen LogP contribution in [-0.2, 0) is 4.74 Å². The van der Waals surface area contributed by atoms with Gasteiger partial charge in [0.2, 0.25) is 0 Å². The Kier molecular flexibility index (Phi) is 4.26. The molecule has 0 radical (unpaired) electrons. The molecule has 0 saturated heterocycles. The summed E-state index contributed by atoms with van der Waals surface area (Å²) in [5.41, 5.74) is 5.99. The van der Waals surface area contributed by atoms with Crippen molar-refractivity contribution in [1.82, 2.24) is 5.32 Å². The van der Waals surface area contributed by atoms with Crippen molar-refractivity contribution in [3.05, 3.63) is 0 Å². The van der Waals surface area contributed by atoms with Gasteiger partial charge in [0.05, 0.1) is 0 Å². The Morgan fingerprint density at radius 3 is 2.05 bits per heavy atom. The molecule has 1 saturated carbocycles. The van der Waals surface area contributed by atoms with Crippen molar-refractivity contribution in [2.45, 2.75) is 54.1 Å². The number of ether oxygens (including phenoxy) is 1. The van der Waals surface area contributed by atoms with E-state index < -0.39 is 5.60 Å². The summed E-state index contributed by atoms with van der Waals surface area (Å²) in [7, 11) is 0. The van der Waals surface area contributed by atoms with Gasteiger partial charge >= 0.3 is 6.09 Å². The quantitative estimate of drug-likeness (QED) is 0.825. The third-order valence-corrected chi connectivity index (χ3v) is 4.81. The summed E-state index contributed by atoms with van der Waals surface area (Å²) in [6, 6.07) is 0. The minimum atomic E-state index is -0.458. The molecule has 1 amide bonds. The van der Waals surface area contributed by atoms with E-state index >= 15 is 0 Å². The van der Waals surface area contributed by atoms with E-state index in [1.165, 1.54) is 0 Å². The lowest BCUT2D eigenvalue weighted by molar-refractivity contribution is 0.0516. The smallest absolute Gasteiger partial charge is 0.407 e. The number of nitrogens with one attached hydrogen (secondary N) is 1. The molecule has 0 aromatic carbocycles. The SMILES string of the molecule is CC(C)(C)OC(=O)NCC(CN)C1C(C)(C)C1(C)C. The molecule has 1 rings (SSSR count). The molecule has 1 unspecified atom stereocenters. The predicted octanol–water partition coefficient (Wildman–Crippen LogP) is 2.77. The molecule has 0 bridgehead atoms. The van der Waals surface area contributed by atoms with Crippen molar-refractivity contribution in [2.24, 2.45) is 28.4 Å². The van der Waals surface area contributed by atoms with Crippen molar-refractivity contribution in [1.29, 1.82) is 0 Å². The lowest BCUT2D eigenvalue weighted by Gasteiger charge is -2.22. The van der Waals surface area contributed by atoms with E-state index in [4.69, 9.17) is 10.5 Å². The Bertz CT molecular complexity index is 329. The Balaban J connectivity index is 2.50. The maximum absolute atomic E-state index is 11.7. The number of hydrogen-bond acceptors (Lipinski definition) is 3. The van der Waals surface area contributed by atoms with Gasteiger partial charge in [-0.2, -0.15) is 0 Å². The zero-order valence-corrected chi connectivity index (χ0v) is 13.5. The fraction of sp³-hybridized carbons (Fsp3) is 0.933. The molecule has 0 aliphatic heterocycles. The van der Waals surface area contributed by atoms with Crippen LogP contribution in [0.15, 0.2) is 0 Å². The van der Waals surface area contributed by atoms with Crippen LogP contribution in [0.3, 0.4) is 0 Å². The molecule has 0 heterocycles. The first-order chi connectivity index (χ1) is 8.43. The number of carbonyl (C=O) groups excluding carboxylic acids is 1. The van der Waals surface area contributed by atoms with Crippen molar-refractivity contribution < 1.29 is 9.53 Å². The van der Waals surface area contributed by atoms with Gasteiger partial charge in [-0.3, -0.25) is 0 Å². The summed E-state index contributed by atoms with van der Waals surface area (Å²) in [6.07, 6.45) is -0.359. The van der Waals surface area contributed by atoms with E-state index in [9.17, 15) is 4.79 Å². The van der Waals surface area contributed by atoms with Gasteiger partial charge in [-0.1, -0.05) is 27.7 Å². The molecule has 1 atom stereocenters. The summed E-state index contributed by atoms with van der Waals surface area (Å²) >= 11 is 0. The summed E-state index contributed by atoms with van der Waals surface area (Å²) in [6.45, 7) is 15.8. The molecule has 4 nitrogen and oxygen atoms in total. The van der Waals surface area contributed by atoms with Gasteiger partial charge in [-0.15, -0.1) is 0 Å². The molecule has 3 N–H and O–H groups in total. The number of hydrogen-bond donors (Lipinski definition) is 2. The summed E-state index contributed by atoms with van der Waals surface area (Å²) < 4.78 is 5.25. The van der Waals surface area contributed by atoms with Gasteiger partial charge in [0.15, 0.2) is 0 Å². The maximum atomic E-state index is 11.7. The lowest BCUT2D eigenvalue weighted by Crippen LogP contribution is -2.38. The van der Waals surface area contributed by atoms with Gasteiger partial charge in [0.25, 0.3) is 0 Å². The zero-order valence-electron chi connectivity index (χ0n) is 13.5. The van der Waals surface area contributed by atoms with Crippen LogP contribution in [0.25, 0.3) is 0 Å². The van der Waals surface area contributed by atoms with Crippen LogP contribution in [-0.4, -0.2) is 24.8 Å². The van der Waals surface area contributed by atoms with Gasteiger partial charge in [0, 0.05) is 6.54 Å². The normalized spacial score (nSPS) is 22.7. The number of carbonyl (C=O) groups is 1. The third-order valence-electron chi connectivity index (χ3n) is 4.81. The van der Waals surface area contributed by atoms with E-state index in [1.54, 1.807) is 0 Å². The zero-order chi connectivity index (χ0) is 15.1. The minimum Gasteiger partial charge on any atom is -0.444 e. The molecular weight excluding hydrogens is 240 g/mol. The standard InChI is InChI=1S/C15H30N2O2/c1-13(2,3)19-12(18)17-9-10(8-16)11-14(4,5)15(11,6)7/h10-11H,8-9,16H2,1-7H3,(H,17,18). The van der Waals surface area contributed by atoms with E-state index in [0.717, 1.165) is 0 Å². The minimum absolute atomic E-state index is 0.284. The monoisotopic (exact) mass is 270 g/mol. The first-order valence-electron chi connectivity index (χ1n) is 7.10. The molecule has 0 aromatic heterocycles. The Labute approximate surface area is 117 Å². The molecule has 4 heteroatoms. The first kappa shape index (κ1) is 16.3. The highest BCUT2D eigenvalue weighted by Crippen LogP contribution is 2.70. The van der Waals surface area contributed by atoms with E-state index in [1.807, 2.05) is 20.8 Å². The fourth-order valence-electron chi connectivity index (χ4n) is 3.29. The number of amides is 1. The van der Waals surface area contributed by atoms with Crippen LogP contribution >= 0.6 is 0 Å². The largest absolute Gasteiger partial charge is 0.444 e. The van der Waals surface area contributed by atoms with E-state index in [2.05, 4.69) is 33.0 Å². The maximum Gasteiger partial charge on any atom is 0.407 e. The first-order valence-corrected chi connectivity index (χ1v) is 7.10. The average molecular weight is 270 g/mol. The molecule has 1 aliphatic carbocycles. The van der Waals surface area contributed by atoms with Crippen LogP contribution < -0.4 is 11.1 Å². The highest BCUT2D eigenvalue weighted by molar-refractivity contribution is 5.67. The lowest BCUT2D eigenvalue weighted by atomic mass is 9.96. The highest BCUT2D eigenvalue weighted by Gasteiger charge is 2.66. The van der Waals surface area contributed by atoms with Gasteiger partial charge < -0.3 is 15.8 Å².